The van der Waals surface area contributed by atoms with Crippen LogP contribution in [0.15, 0.2) is 54.6 Å². The fourth-order valence-corrected chi connectivity index (χ4v) is 5.12. The maximum atomic E-state index is 13.1. The second kappa shape index (κ2) is 10.7. The van der Waals surface area contributed by atoms with Gasteiger partial charge in [0.05, 0.1) is 5.75 Å². The van der Waals surface area contributed by atoms with Gasteiger partial charge in [-0.3, -0.25) is 4.79 Å². The van der Waals surface area contributed by atoms with Crippen LogP contribution in [0.5, 0.6) is 0 Å². The van der Waals surface area contributed by atoms with E-state index in [1.165, 1.54) is 9.87 Å². The van der Waals surface area contributed by atoms with E-state index >= 15 is 0 Å². The lowest BCUT2D eigenvalue weighted by Gasteiger charge is -2.28. The highest BCUT2D eigenvalue weighted by Crippen LogP contribution is 2.12. The average molecular weight is 430 g/mol. The van der Waals surface area contributed by atoms with Crippen molar-refractivity contribution < 1.29 is 13.2 Å². The highest BCUT2D eigenvalue weighted by molar-refractivity contribution is 7.89. The number of aryl methyl sites for hydroxylation is 2. The first kappa shape index (κ1) is 22.5. The summed E-state index contributed by atoms with van der Waals surface area (Å²) in [6.45, 7) is 4.99. The number of piperazine rings is 1. The minimum absolute atomic E-state index is 0.0457. The molecule has 6 nitrogen and oxygen atoms in total. The van der Waals surface area contributed by atoms with Crippen LogP contribution in [-0.4, -0.2) is 68.6 Å². The number of hydrogen-bond acceptors (Lipinski definition) is 4. The molecule has 0 radical (unpaired) electrons. The van der Waals surface area contributed by atoms with Gasteiger partial charge in [0.1, 0.15) is 0 Å². The predicted octanol–water partition coefficient (Wildman–Crippen LogP) is 2.31. The summed E-state index contributed by atoms with van der Waals surface area (Å²) in [5.74, 6) is -0.155. The molecule has 1 aliphatic rings. The topological polar surface area (TPSA) is 69.7 Å². The number of nitrogens with zero attached hydrogens (tertiary/aromatic N) is 2. The highest BCUT2D eigenvalue weighted by Gasteiger charge is 2.25. The Morgan fingerprint density at radius 2 is 1.77 bits per heavy atom. The summed E-state index contributed by atoms with van der Waals surface area (Å²) < 4.78 is 27.0. The van der Waals surface area contributed by atoms with Gasteiger partial charge in [0.2, 0.25) is 10.0 Å². The Balaban J connectivity index is 1.67. The van der Waals surface area contributed by atoms with Crippen molar-refractivity contribution in [2.45, 2.75) is 19.8 Å². The number of hydrogen-bond donors (Lipinski definition) is 1. The molecule has 0 spiro atoms. The molecule has 0 bridgehead atoms. The monoisotopic (exact) mass is 429 g/mol. The Labute approximate surface area is 179 Å². The summed E-state index contributed by atoms with van der Waals surface area (Å²) in [4.78, 5) is 14.8. The van der Waals surface area contributed by atoms with Crippen LogP contribution in [0.4, 0.5) is 0 Å². The minimum Gasteiger partial charge on any atom is -0.338 e. The summed E-state index contributed by atoms with van der Waals surface area (Å²) >= 11 is 0. The number of nitrogens with one attached hydrogen (secondary N) is 1. The number of carbonyl (C=O) groups is 1. The van der Waals surface area contributed by atoms with Gasteiger partial charge in [0.25, 0.3) is 5.91 Å². The molecule has 162 valence electrons. The van der Waals surface area contributed by atoms with Crippen LogP contribution in [0.2, 0.25) is 0 Å². The van der Waals surface area contributed by atoms with Crippen LogP contribution >= 0.6 is 0 Å². The van der Waals surface area contributed by atoms with Gasteiger partial charge >= 0.3 is 0 Å². The third-order valence-corrected chi connectivity index (χ3v) is 7.23. The molecule has 3 rings (SSSR count). The standard InChI is InChI=1S/C23H31N3O3S/c1-20-7-5-11-22(19-20)23(27)25(14-6-10-21-8-3-2-4-9-21)17-18-30(28,29)26-15-12-24-13-16-26/h2-5,7-9,11,19,24H,6,10,12-18H2,1H3. The molecule has 0 aliphatic carbocycles. The van der Waals surface area contributed by atoms with E-state index in [0.29, 0.717) is 38.3 Å². The Kier molecular flexibility index (Phi) is 8.01. The molecule has 0 unspecified atom stereocenters. The molecule has 2 aromatic rings. The smallest absolute Gasteiger partial charge is 0.253 e. The lowest BCUT2D eigenvalue weighted by molar-refractivity contribution is 0.0763. The minimum atomic E-state index is -3.38. The van der Waals surface area contributed by atoms with Gasteiger partial charge in [-0.2, -0.15) is 4.31 Å². The second-order valence-electron chi connectivity index (χ2n) is 7.72. The zero-order chi connectivity index (χ0) is 21.4. The van der Waals surface area contributed by atoms with E-state index in [2.05, 4.69) is 17.4 Å². The maximum absolute atomic E-state index is 13.1. The quantitative estimate of drug-likeness (QED) is 0.664. The Bertz CT molecular complexity index is 926. The van der Waals surface area contributed by atoms with E-state index in [-0.39, 0.29) is 18.2 Å². The molecule has 1 saturated heterocycles. The first-order valence-corrected chi connectivity index (χ1v) is 12.1. The third-order valence-electron chi connectivity index (χ3n) is 5.38. The average Bonchev–Trinajstić information content (AvgIpc) is 2.77. The summed E-state index contributed by atoms with van der Waals surface area (Å²) in [5, 5.41) is 3.17. The molecule has 1 fully saturated rings. The SMILES string of the molecule is Cc1cccc(C(=O)N(CCCc2ccccc2)CCS(=O)(=O)N2CCNCC2)c1. The summed E-state index contributed by atoms with van der Waals surface area (Å²) in [5.41, 5.74) is 2.83. The molecule has 1 heterocycles. The largest absolute Gasteiger partial charge is 0.338 e. The lowest BCUT2D eigenvalue weighted by Crippen LogP contribution is -2.48. The molecular weight excluding hydrogens is 398 g/mol. The molecule has 7 heteroatoms. The molecule has 0 atom stereocenters. The predicted molar refractivity (Wildman–Crippen MR) is 120 cm³/mol. The van der Waals surface area contributed by atoms with Crippen molar-refractivity contribution in [3.05, 3.63) is 71.3 Å². The van der Waals surface area contributed by atoms with Gasteiger partial charge in [-0.25, -0.2) is 8.42 Å². The number of sulfonamides is 1. The molecule has 1 aliphatic heterocycles. The summed E-state index contributed by atoms with van der Waals surface area (Å²) in [7, 11) is -3.38. The van der Waals surface area contributed by atoms with Crippen molar-refractivity contribution in [1.29, 1.82) is 0 Å². The van der Waals surface area contributed by atoms with Crippen LogP contribution < -0.4 is 5.32 Å². The van der Waals surface area contributed by atoms with E-state index < -0.39 is 10.0 Å². The van der Waals surface area contributed by atoms with E-state index in [0.717, 1.165) is 18.4 Å². The van der Waals surface area contributed by atoms with E-state index in [1.807, 2.05) is 43.3 Å². The van der Waals surface area contributed by atoms with Gasteiger partial charge in [0.15, 0.2) is 0 Å². The molecule has 0 saturated carbocycles. The van der Waals surface area contributed by atoms with Gasteiger partial charge in [-0.1, -0.05) is 48.0 Å². The van der Waals surface area contributed by atoms with Crippen LogP contribution in [0.3, 0.4) is 0 Å². The highest BCUT2D eigenvalue weighted by atomic mass is 32.2. The van der Waals surface area contributed by atoms with E-state index in [9.17, 15) is 13.2 Å². The number of rotatable bonds is 9. The van der Waals surface area contributed by atoms with Crippen molar-refractivity contribution in [1.82, 2.24) is 14.5 Å². The molecule has 2 aromatic carbocycles. The zero-order valence-electron chi connectivity index (χ0n) is 17.6. The molecule has 0 aromatic heterocycles. The van der Waals surface area contributed by atoms with Crippen molar-refractivity contribution in [3.8, 4) is 0 Å². The van der Waals surface area contributed by atoms with E-state index in [4.69, 9.17) is 0 Å². The van der Waals surface area contributed by atoms with Crippen LogP contribution in [0.1, 0.15) is 27.9 Å². The Morgan fingerprint density at radius 1 is 1.03 bits per heavy atom. The number of carbonyl (C=O) groups excluding carboxylic acids is 1. The maximum Gasteiger partial charge on any atom is 0.253 e. The Morgan fingerprint density at radius 3 is 2.47 bits per heavy atom. The number of amides is 1. The second-order valence-corrected chi connectivity index (χ2v) is 9.80. The van der Waals surface area contributed by atoms with E-state index in [1.54, 1.807) is 11.0 Å². The van der Waals surface area contributed by atoms with Gasteiger partial charge < -0.3 is 10.2 Å². The summed E-state index contributed by atoms with van der Waals surface area (Å²) in [6.07, 6.45) is 1.64. The fourth-order valence-electron chi connectivity index (χ4n) is 3.67. The van der Waals surface area contributed by atoms with Crippen LogP contribution in [-0.2, 0) is 16.4 Å². The molecule has 1 N–H and O–H groups in total. The van der Waals surface area contributed by atoms with Crippen LogP contribution in [0.25, 0.3) is 0 Å². The van der Waals surface area contributed by atoms with Gasteiger partial charge in [-0.05, 0) is 37.5 Å². The summed E-state index contributed by atoms with van der Waals surface area (Å²) in [6, 6.07) is 17.6. The first-order valence-electron chi connectivity index (χ1n) is 10.5. The van der Waals surface area contributed by atoms with Gasteiger partial charge in [0, 0.05) is 44.8 Å². The van der Waals surface area contributed by atoms with Gasteiger partial charge in [-0.15, -0.1) is 0 Å². The van der Waals surface area contributed by atoms with Crippen molar-refractivity contribution in [3.63, 3.8) is 0 Å². The normalized spacial score (nSPS) is 15.1. The van der Waals surface area contributed by atoms with Crippen molar-refractivity contribution >= 4 is 15.9 Å². The molecule has 1 amide bonds. The lowest BCUT2D eigenvalue weighted by atomic mass is 10.1. The molecule has 30 heavy (non-hydrogen) atoms. The number of benzene rings is 2. The van der Waals surface area contributed by atoms with Crippen molar-refractivity contribution in [2.24, 2.45) is 0 Å². The van der Waals surface area contributed by atoms with Crippen LogP contribution in [0, 0.1) is 6.92 Å². The zero-order valence-corrected chi connectivity index (χ0v) is 18.4. The fraction of sp³-hybridized carbons (Fsp3) is 0.435. The molecular formula is C23H31N3O3S. The third kappa shape index (κ3) is 6.39. The Hall–Kier alpha value is -2.22. The van der Waals surface area contributed by atoms with Crippen molar-refractivity contribution in [2.75, 3.05) is 45.0 Å². The first-order chi connectivity index (χ1) is 14.5.